The molecule has 2 aromatic rings. The zero-order chi connectivity index (χ0) is 16.2. The molecule has 0 radical (unpaired) electrons. The van der Waals surface area contributed by atoms with E-state index < -0.39 is 16.0 Å². The fourth-order valence-electron chi connectivity index (χ4n) is 1.78. The first kappa shape index (κ1) is 16.1. The summed E-state index contributed by atoms with van der Waals surface area (Å²) in [5, 5.41) is 8.80. The van der Waals surface area contributed by atoms with Crippen molar-refractivity contribution < 1.29 is 18.3 Å². The topological polar surface area (TPSA) is 100 Å². The third kappa shape index (κ3) is 4.34. The zero-order valence-electron chi connectivity index (χ0n) is 11.9. The predicted octanol–water partition coefficient (Wildman–Crippen LogP) is 1.14. The van der Waals surface area contributed by atoms with Crippen LogP contribution in [0.2, 0.25) is 0 Å². The predicted molar refractivity (Wildman–Crippen MR) is 79.5 cm³/mol. The highest BCUT2D eigenvalue weighted by atomic mass is 32.2. The van der Waals surface area contributed by atoms with Gasteiger partial charge >= 0.3 is 5.97 Å². The molecule has 22 heavy (non-hydrogen) atoms. The van der Waals surface area contributed by atoms with Crippen LogP contribution in [0.25, 0.3) is 0 Å². The van der Waals surface area contributed by atoms with E-state index in [9.17, 15) is 13.2 Å². The van der Waals surface area contributed by atoms with Crippen LogP contribution in [-0.2, 0) is 23.1 Å². The van der Waals surface area contributed by atoms with Crippen LogP contribution < -0.4 is 0 Å². The van der Waals surface area contributed by atoms with Crippen molar-refractivity contribution in [1.29, 1.82) is 0 Å². The molecule has 8 heteroatoms. The van der Waals surface area contributed by atoms with Gasteiger partial charge in [0, 0.05) is 18.9 Å². The van der Waals surface area contributed by atoms with Gasteiger partial charge < -0.3 is 5.11 Å². The van der Waals surface area contributed by atoms with Crippen LogP contribution in [0, 0.1) is 0 Å². The van der Waals surface area contributed by atoms with Crippen LogP contribution in [0.4, 0.5) is 0 Å². The van der Waals surface area contributed by atoms with Crippen molar-refractivity contribution in [2.45, 2.75) is 13.1 Å². The highest BCUT2D eigenvalue weighted by Gasteiger charge is 2.19. The lowest BCUT2D eigenvalue weighted by molar-refractivity contribution is 0.0696. The highest BCUT2D eigenvalue weighted by molar-refractivity contribution is 7.88. The van der Waals surface area contributed by atoms with Crippen molar-refractivity contribution in [2.24, 2.45) is 0 Å². The molecule has 0 spiro atoms. The third-order valence-corrected chi connectivity index (χ3v) is 4.14. The smallest absolute Gasteiger partial charge is 0.338 e. The van der Waals surface area contributed by atoms with Crippen molar-refractivity contribution in [3.63, 3.8) is 0 Å². The maximum Gasteiger partial charge on any atom is 0.338 e. The van der Waals surface area contributed by atoms with Crippen molar-refractivity contribution >= 4 is 16.0 Å². The van der Waals surface area contributed by atoms with Crippen LogP contribution >= 0.6 is 0 Å². The molecule has 0 amide bonds. The number of carbonyl (C=O) groups is 1. The number of sulfonamides is 1. The molecular weight excluding hydrogens is 306 g/mol. The molecule has 1 aromatic carbocycles. The number of carboxylic acids is 1. The first-order valence-electron chi connectivity index (χ1n) is 6.39. The van der Waals surface area contributed by atoms with Crippen molar-refractivity contribution in [1.82, 2.24) is 14.3 Å². The van der Waals surface area contributed by atoms with E-state index in [2.05, 4.69) is 9.97 Å². The number of nitrogens with zero attached hydrogens (tertiary/aromatic N) is 3. The first-order valence-corrected chi connectivity index (χ1v) is 8.24. The Labute approximate surface area is 128 Å². The minimum absolute atomic E-state index is 0.0202. The van der Waals surface area contributed by atoms with Crippen LogP contribution in [0.3, 0.4) is 0 Å². The van der Waals surface area contributed by atoms with Gasteiger partial charge in [0.15, 0.2) is 0 Å². The van der Waals surface area contributed by atoms with Crippen molar-refractivity contribution in [2.75, 3.05) is 6.26 Å². The van der Waals surface area contributed by atoms with Gasteiger partial charge in [-0.3, -0.25) is 0 Å². The second kappa shape index (κ2) is 6.63. The average Bonchev–Trinajstić information content (AvgIpc) is 2.47. The Morgan fingerprint density at radius 1 is 1.14 bits per heavy atom. The minimum Gasteiger partial charge on any atom is -0.478 e. The fraction of sp³-hybridized carbons (Fsp3) is 0.214. The lowest BCUT2D eigenvalue weighted by atomic mass is 10.2. The number of aromatic carboxylic acids is 1. The summed E-state index contributed by atoms with van der Waals surface area (Å²) in [6.07, 6.45) is 3.43. The molecule has 1 N–H and O–H groups in total. The van der Waals surface area contributed by atoms with Gasteiger partial charge in [0.05, 0.1) is 18.4 Å². The molecule has 116 valence electrons. The number of hydrogen-bond acceptors (Lipinski definition) is 5. The molecule has 0 saturated heterocycles. The van der Waals surface area contributed by atoms with Crippen LogP contribution in [0.1, 0.15) is 21.7 Å². The summed E-state index contributed by atoms with van der Waals surface area (Å²) in [4.78, 5) is 18.5. The Morgan fingerprint density at radius 2 is 1.73 bits per heavy atom. The Kier molecular flexibility index (Phi) is 4.84. The van der Waals surface area contributed by atoms with E-state index in [1.54, 1.807) is 0 Å². The van der Waals surface area contributed by atoms with Gasteiger partial charge in [-0.1, -0.05) is 30.3 Å². The SMILES string of the molecule is CS(=O)(=O)N(Cc1ccccc1)Cc1ncc(C(=O)O)cn1. The third-order valence-electron chi connectivity index (χ3n) is 2.94. The number of benzene rings is 1. The van der Waals surface area contributed by atoms with E-state index in [0.29, 0.717) is 0 Å². The lowest BCUT2D eigenvalue weighted by Crippen LogP contribution is -2.29. The van der Waals surface area contributed by atoms with E-state index in [4.69, 9.17) is 5.11 Å². The summed E-state index contributed by atoms with van der Waals surface area (Å²) in [5.74, 6) is -0.887. The molecule has 0 aliphatic heterocycles. The van der Waals surface area contributed by atoms with Gasteiger partial charge in [-0.05, 0) is 5.56 Å². The molecule has 1 aromatic heterocycles. The molecule has 0 aliphatic carbocycles. The Morgan fingerprint density at radius 3 is 2.23 bits per heavy atom. The molecule has 7 nitrogen and oxygen atoms in total. The summed E-state index contributed by atoms with van der Waals surface area (Å²) in [7, 11) is -3.45. The second-order valence-corrected chi connectivity index (χ2v) is 6.69. The van der Waals surface area contributed by atoms with E-state index in [-0.39, 0.29) is 24.5 Å². The number of carboxylic acid groups (broad SMARTS) is 1. The Bertz CT molecular complexity index is 745. The van der Waals surface area contributed by atoms with Crippen LogP contribution in [-0.4, -0.2) is 40.0 Å². The van der Waals surface area contributed by atoms with Crippen molar-refractivity contribution in [3.05, 3.63) is 59.7 Å². The van der Waals surface area contributed by atoms with Crippen LogP contribution in [0.5, 0.6) is 0 Å². The number of hydrogen-bond donors (Lipinski definition) is 1. The van der Waals surface area contributed by atoms with Crippen molar-refractivity contribution in [3.8, 4) is 0 Å². The maximum absolute atomic E-state index is 11.9. The number of aromatic nitrogens is 2. The van der Waals surface area contributed by atoms with E-state index in [0.717, 1.165) is 24.2 Å². The summed E-state index contributed by atoms with van der Waals surface area (Å²) in [6.45, 7) is 0.178. The fourth-order valence-corrected chi connectivity index (χ4v) is 2.52. The molecule has 0 aliphatic rings. The largest absolute Gasteiger partial charge is 0.478 e. The number of rotatable bonds is 6. The molecule has 0 fully saturated rings. The van der Waals surface area contributed by atoms with Crippen LogP contribution in [0.15, 0.2) is 42.7 Å². The summed E-state index contributed by atoms with van der Waals surface area (Å²) in [5.41, 5.74) is 0.799. The van der Waals surface area contributed by atoms with Gasteiger partial charge in [-0.15, -0.1) is 0 Å². The van der Waals surface area contributed by atoms with Gasteiger partial charge in [-0.2, -0.15) is 4.31 Å². The molecule has 1 heterocycles. The average molecular weight is 321 g/mol. The van der Waals surface area contributed by atoms with Gasteiger partial charge in [0.1, 0.15) is 5.82 Å². The molecule has 0 saturated carbocycles. The summed E-state index contributed by atoms with van der Waals surface area (Å²) >= 11 is 0. The van der Waals surface area contributed by atoms with Gasteiger partial charge in [0.2, 0.25) is 10.0 Å². The summed E-state index contributed by atoms with van der Waals surface area (Å²) < 4.78 is 25.0. The first-order chi connectivity index (χ1) is 10.4. The molecule has 2 rings (SSSR count). The van der Waals surface area contributed by atoms with Gasteiger partial charge in [0.25, 0.3) is 0 Å². The molecular formula is C14H15N3O4S. The van der Waals surface area contributed by atoms with E-state index in [1.165, 1.54) is 4.31 Å². The normalized spacial score (nSPS) is 11.5. The minimum atomic E-state index is -3.45. The molecule has 0 atom stereocenters. The standard InChI is InChI=1S/C14H15N3O4S/c1-22(20,21)17(9-11-5-3-2-4-6-11)10-13-15-7-12(8-16-13)14(18)19/h2-8H,9-10H2,1H3,(H,18,19). The monoisotopic (exact) mass is 321 g/mol. The lowest BCUT2D eigenvalue weighted by Gasteiger charge is -2.19. The quantitative estimate of drug-likeness (QED) is 0.856. The Balaban J connectivity index is 2.18. The van der Waals surface area contributed by atoms with E-state index >= 15 is 0 Å². The Hall–Kier alpha value is -2.32. The maximum atomic E-state index is 11.9. The van der Waals surface area contributed by atoms with Gasteiger partial charge in [-0.25, -0.2) is 23.2 Å². The van der Waals surface area contributed by atoms with E-state index in [1.807, 2.05) is 30.3 Å². The zero-order valence-corrected chi connectivity index (χ0v) is 12.7. The molecule has 0 unspecified atom stereocenters. The second-order valence-electron chi connectivity index (χ2n) is 4.71. The summed E-state index contributed by atoms with van der Waals surface area (Å²) in [6, 6.07) is 9.16. The molecule has 0 bridgehead atoms. The highest BCUT2D eigenvalue weighted by Crippen LogP contribution is 2.11.